The molecule has 0 aliphatic carbocycles. The van der Waals surface area contributed by atoms with E-state index in [1.54, 1.807) is 11.0 Å². The lowest BCUT2D eigenvalue weighted by Crippen LogP contribution is -2.69. The number of methoxy groups -OCH3 is 1. The summed E-state index contributed by atoms with van der Waals surface area (Å²) in [6, 6.07) is 5.60. The van der Waals surface area contributed by atoms with Crippen molar-refractivity contribution in [2.45, 2.75) is 29.6 Å². The van der Waals surface area contributed by atoms with Gasteiger partial charge in [-0.15, -0.1) is 11.8 Å². The average molecular weight is 325 g/mol. The van der Waals surface area contributed by atoms with Gasteiger partial charge in [-0.3, -0.25) is 4.79 Å². The molecule has 0 radical (unpaired) electrons. The number of ether oxygens (including phenoxy) is 2. The third-order valence-electron chi connectivity index (χ3n) is 4.07. The van der Waals surface area contributed by atoms with E-state index in [4.69, 9.17) is 9.47 Å². The zero-order chi connectivity index (χ0) is 15.9. The smallest absolute Gasteiger partial charge is 0.353 e. The van der Waals surface area contributed by atoms with Gasteiger partial charge in [0.15, 0.2) is 0 Å². The lowest BCUT2D eigenvalue weighted by Gasteiger charge is -2.52. The van der Waals surface area contributed by atoms with E-state index in [0.29, 0.717) is 6.42 Å². The number of amides is 1. The van der Waals surface area contributed by atoms with E-state index in [9.17, 15) is 14.0 Å². The van der Waals surface area contributed by atoms with Crippen molar-refractivity contribution in [1.29, 1.82) is 0 Å². The monoisotopic (exact) mass is 325 g/mol. The molecule has 2 aliphatic rings. The van der Waals surface area contributed by atoms with Crippen molar-refractivity contribution in [1.82, 2.24) is 4.90 Å². The number of β-lactam (4-membered cyclic amide) rings is 1. The van der Waals surface area contributed by atoms with Crippen LogP contribution in [0.4, 0.5) is 4.39 Å². The van der Waals surface area contributed by atoms with Crippen molar-refractivity contribution in [3.8, 4) is 5.75 Å². The quantitative estimate of drug-likeness (QED) is 0.627. The molecule has 7 heteroatoms. The van der Waals surface area contributed by atoms with Gasteiger partial charge in [-0.2, -0.15) is 0 Å². The van der Waals surface area contributed by atoms with Gasteiger partial charge in [-0.05, 0) is 19.1 Å². The number of thioether (sulfide) groups is 1. The first-order valence-corrected chi connectivity index (χ1v) is 7.88. The van der Waals surface area contributed by atoms with Crippen LogP contribution in [0.15, 0.2) is 24.3 Å². The molecule has 0 N–H and O–H groups in total. The Labute approximate surface area is 131 Å². The Morgan fingerprint density at radius 2 is 2.27 bits per heavy atom. The van der Waals surface area contributed by atoms with E-state index in [1.807, 2.05) is 6.92 Å². The number of carbonyl (C=O) groups is 2. The Hall–Kier alpha value is -1.76. The predicted molar refractivity (Wildman–Crippen MR) is 78.9 cm³/mol. The molecular weight excluding hydrogens is 309 g/mol. The van der Waals surface area contributed by atoms with Crippen molar-refractivity contribution < 1.29 is 23.5 Å². The predicted octanol–water partition coefficient (Wildman–Crippen LogP) is 1.81. The minimum Gasteiger partial charge on any atom is -0.472 e. The van der Waals surface area contributed by atoms with Crippen LogP contribution in [0.5, 0.6) is 5.75 Å². The molecule has 3 rings (SSSR count). The number of hydrogen-bond donors (Lipinski definition) is 0. The number of fused-ring (bicyclic) bond motifs is 1. The lowest BCUT2D eigenvalue weighted by molar-refractivity contribution is -0.166. The second-order valence-electron chi connectivity index (χ2n) is 5.40. The number of carbonyl (C=O) groups excluding carboxylic acids is 2. The van der Waals surface area contributed by atoms with Crippen LogP contribution in [0, 0.1) is 5.82 Å². The maximum absolute atomic E-state index is 13.4. The first-order valence-electron chi connectivity index (χ1n) is 6.94. The normalized spacial score (nSPS) is 30.3. The summed E-state index contributed by atoms with van der Waals surface area (Å²) in [6.45, 7) is 1.98. The van der Waals surface area contributed by atoms with Crippen molar-refractivity contribution in [3.63, 3.8) is 0 Å². The molecule has 2 aliphatic heterocycles. The highest BCUT2D eigenvalue weighted by Crippen LogP contribution is 2.44. The molecular formula is C15H16FNO4S. The summed E-state index contributed by atoms with van der Waals surface area (Å²) >= 11 is 1.50. The minimum absolute atomic E-state index is 0.0134. The molecule has 5 nitrogen and oxygen atoms in total. The van der Waals surface area contributed by atoms with Crippen LogP contribution in [0.1, 0.15) is 13.3 Å². The van der Waals surface area contributed by atoms with Gasteiger partial charge in [0, 0.05) is 6.07 Å². The zero-order valence-electron chi connectivity index (χ0n) is 12.2. The van der Waals surface area contributed by atoms with Crippen LogP contribution in [0.3, 0.4) is 0 Å². The molecule has 0 saturated carbocycles. The molecule has 2 unspecified atom stereocenters. The van der Waals surface area contributed by atoms with E-state index in [0.717, 1.165) is 0 Å². The molecule has 1 aromatic rings. The fourth-order valence-corrected chi connectivity index (χ4v) is 4.25. The van der Waals surface area contributed by atoms with Crippen LogP contribution < -0.4 is 4.74 Å². The van der Waals surface area contributed by atoms with Crippen molar-refractivity contribution in [2.75, 3.05) is 13.7 Å². The maximum Gasteiger partial charge on any atom is 0.353 e. The number of rotatable bonds is 3. The van der Waals surface area contributed by atoms with Crippen LogP contribution in [-0.2, 0) is 14.3 Å². The first kappa shape index (κ1) is 15.1. The third kappa shape index (κ3) is 2.33. The van der Waals surface area contributed by atoms with Gasteiger partial charge in [0.2, 0.25) is 11.5 Å². The fraction of sp³-hybridized carbons (Fsp3) is 0.467. The molecule has 2 fully saturated rings. The largest absolute Gasteiger partial charge is 0.472 e. The van der Waals surface area contributed by atoms with Crippen LogP contribution >= 0.6 is 11.8 Å². The Morgan fingerprint density at radius 3 is 2.91 bits per heavy atom. The van der Waals surface area contributed by atoms with Crippen molar-refractivity contribution >= 4 is 23.6 Å². The molecule has 2 saturated heterocycles. The Kier molecular flexibility index (Phi) is 3.76. The number of esters is 1. The van der Waals surface area contributed by atoms with Gasteiger partial charge in [-0.1, -0.05) is 6.07 Å². The summed E-state index contributed by atoms with van der Waals surface area (Å²) < 4.78 is 24.1. The van der Waals surface area contributed by atoms with E-state index >= 15 is 0 Å². The highest BCUT2D eigenvalue weighted by molar-refractivity contribution is 8.00. The van der Waals surface area contributed by atoms with Gasteiger partial charge in [0.05, 0.1) is 30.7 Å². The highest BCUT2D eigenvalue weighted by atomic mass is 32.2. The molecule has 0 spiro atoms. The number of halogens is 1. The molecule has 118 valence electrons. The SMILES string of the molecule is COC(=O)C1(Oc2cccc(F)c2)CN2C(=O)C[C@H]2SC1C. The molecule has 22 heavy (non-hydrogen) atoms. The fourth-order valence-electron chi connectivity index (χ4n) is 2.76. The van der Waals surface area contributed by atoms with Gasteiger partial charge in [-0.25, -0.2) is 9.18 Å². The average Bonchev–Trinajstić information content (AvgIpc) is 2.49. The molecule has 0 bridgehead atoms. The first-order chi connectivity index (χ1) is 10.5. The van der Waals surface area contributed by atoms with E-state index in [2.05, 4.69) is 0 Å². The van der Waals surface area contributed by atoms with Gasteiger partial charge < -0.3 is 14.4 Å². The summed E-state index contributed by atoms with van der Waals surface area (Å²) in [7, 11) is 1.28. The van der Waals surface area contributed by atoms with E-state index in [-0.39, 0.29) is 28.8 Å². The van der Waals surface area contributed by atoms with Crippen LogP contribution in [0.25, 0.3) is 0 Å². The van der Waals surface area contributed by atoms with Gasteiger partial charge in [0.25, 0.3) is 0 Å². The molecule has 1 amide bonds. The van der Waals surface area contributed by atoms with Crippen molar-refractivity contribution in [2.24, 2.45) is 0 Å². The van der Waals surface area contributed by atoms with Crippen LogP contribution in [0.2, 0.25) is 0 Å². The van der Waals surface area contributed by atoms with E-state index in [1.165, 1.54) is 37.1 Å². The maximum atomic E-state index is 13.4. The topological polar surface area (TPSA) is 55.8 Å². The second kappa shape index (κ2) is 5.46. The Balaban J connectivity index is 1.94. The summed E-state index contributed by atoms with van der Waals surface area (Å²) in [5.74, 6) is -0.786. The van der Waals surface area contributed by atoms with Gasteiger partial charge in [0.1, 0.15) is 11.6 Å². The molecule has 2 heterocycles. The molecule has 3 atom stereocenters. The van der Waals surface area contributed by atoms with E-state index < -0.39 is 17.4 Å². The van der Waals surface area contributed by atoms with Crippen molar-refractivity contribution in [3.05, 3.63) is 30.1 Å². The summed E-state index contributed by atoms with van der Waals surface area (Å²) in [5, 5.41) is -0.144. The summed E-state index contributed by atoms with van der Waals surface area (Å²) in [4.78, 5) is 25.7. The number of hydrogen-bond acceptors (Lipinski definition) is 5. The number of nitrogens with zero attached hydrogens (tertiary/aromatic N) is 1. The van der Waals surface area contributed by atoms with Crippen LogP contribution in [-0.4, -0.2) is 46.7 Å². The molecule has 1 aromatic carbocycles. The zero-order valence-corrected chi connectivity index (χ0v) is 13.1. The summed E-state index contributed by atoms with van der Waals surface area (Å²) in [6.07, 6.45) is 0.478. The third-order valence-corrected chi connectivity index (χ3v) is 5.59. The highest BCUT2D eigenvalue weighted by Gasteiger charge is 2.58. The lowest BCUT2D eigenvalue weighted by atomic mass is 9.96. The minimum atomic E-state index is -1.33. The molecule has 0 aromatic heterocycles. The van der Waals surface area contributed by atoms with Gasteiger partial charge >= 0.3 is 5.97 Å². The number of benzene rings is 1. The standard InChI is InChI=1S/C15H16FNO4S/c1-9-15(14(19)20-2,8-17-12(18)7-13(17)22-9)21-11-5-3-4-10(16)6-11/h3-6,9,13H,7-8H2,1-2H3/t9?,13-,15?/m1/s1. The summed E-state index contributed by atoms with van der Waals surface area (Å²) in [5.41, 5.74) is -1.33. The Bertz CT molecular complexity index is 625. The second-order valence-corrected chi connectivity index (χ2v) is 6.92. The Morgan fingerprint density at radius 1 is 1.50 bits per heavy atom.